The van der Waals surface area contributed by atoms with Crippen LogP contribution in [0, 0.1) is 13.8 Å². The van der Waals surface area contributed by atoms with Gasteiger partial charge in [-0.3, -0.25) is 0 Å². The molecule has 0 atom stereocenters. The molecule has 3 rings (SSSR count). The first kappa shape index (κ1) is 9.60. The van der Waals surface area contributed by atoms with Crippen LogP contribution in [0.2, 0.25) is 0 Å². The van der Waals surface area contributed by atoms with Crippen LogP contribution in [0.5, 0.6) is 5.75 Å². The Labute approximate surface area is 96.8 Å². The lowest BCUT2D eigenvalue weighted by molar-refractivity contribution is 0.478. The molecule has 2 nitrogen and oxygen atoms in total. The van der Waals surface area contributed by atoms with Gasteiger partial charge in [0.05, 0.1) is 12.3 Å². The third-order valence-corrected chi connectivity index (χ3v) is 3.89. The van der Waals surface area contributed by atoms with Crippen molar-refractivity contribution < 1.29 is 9.52 Å². The Morgan fingerprint density at radius 3 is 2.56 bits per heavy atom. The smallest absolute Gasteiger partial charge is 0.383 e. The summed E-state index contributed by atoms with van der Waals surface area (Å²) >= 11 is 1.58. The van der Waals surface area contributed by atoms with E-state index in [-0.39, 0.29) is 0 Å². The van der Waals surface area contributed by atoms with E-state index in [9.17, 15) is 5.11 Å². The second-order valence-corrected chi connectivity index (χ2v) is 5.06. The number of hydrogen-bond acceptors (Lipinski definition) is 2. The Kier molecular flexibility index (Phi) is 1.91. The van der Waals surface area contributed by atoms with Crippen LogP contribution in [0.15, 0.2) is 28.7 Å². The molecule has 1 aromatic heterocycles. The summed E-state index contributed by atoms with van der Waals surface area (Å²) in [6.07, 6.45) is 0. The predicted molar refractivity (Wildman–Crippen MR) is 67.1 cm³/mol. The molecule has 2 aromatic carbocycles. The number of rotatable bonds is 0. The van der Waals surface area contributed by atoms with Crippen molar-refractivity contribution in [1.29, 1.82) is 0 Å². The van der Waals surface area contributed by atoms with Gasteiger partial charge in [-0.05, 0) is 24.3 Å². The number of phenolic OH excluding ortho intramolecular Hbond substituents is 1. The molecule has 1 heterocycles. The Morgan fingerprint density at radius 2 is 1.81 bits per heavy atom. The highest BCUT2D eigenvalue weighted by Gasteiger charge is 2.22. The second-order valence-electron chi connectivity index (χ2n) is 3.87. The van der Waals surface area contributed by atoms with Crippen LogP contribution in [0.25, 0.3) is 21.1 Å². The Hall–Kier alpha value is -1.61. The third kappa shape index (κ3) is 1.15. The van der Waals surface area contributed by atoms with Gasteiger partial charge in [-0.25, -0.2) is 0 Å². The zero-order valence-corrected chi connectivity index (χ0v) is 9.89. The van der Waals surface area contributed by atoms with Crippen molar-refractivity contribution in [2.45, 2.75) is 13.8 Å². The Balaban J connectivity index is 2.67. The minimum absolute atomic E-state index is 0.361. The fraction of sp³-hybridized carbons (Fsp3) is 0.154. The van der Waals surface area contributed by atoms with Gasteiger partial charge in [-0.2, -0.15) is 4.42 Å². The van der Waals surface area contributed by atoms with E-state index in [0.717, 1.165) is 31.7 Å². The average Bonchev–Trinajstić information content (AvgIpc) is 2.68. The lowest BCUT2D eigenvalue weighted by Gasteiger charge is -2.01. The summed E-state index contributed by atoms with van der Waals surface area (Å²) in [5.41, 5.74) is 1.78. The number of benzene rings is 2. The Bertz CT molecular complexity index is 698. The third-order valence-electron chi connectivity index (χ3n) is 2.82. The van der Waals surface area contributed by atoms with Crippen LogP contribution in [0.3, 0.4) is 0 Å². The molecule has 0 fully saturated rings. The quantitative estimate of drug-likeness (QED) is 0.586. The zero-order valence-electron chi connectivity index (χ0n) is 9.07. The van der Waals surface area contributed by atoms with Crippen LogP contribution in [-0.4, -0.2) is 5.11 Å². The zero-order chi connectivity index (χ0) is 11.3. The standard InChI is InChI=1S/C13H10O2S/c1-7-11(14)9-5-3-4-6-10(9)12-13(7)16-8(2)15-12/h3-6H,1-2H3/p+1. The second kappa shape index (κ2) is 3.19. The van der Waals surface area contributed by atoms with Gasteiger partial charge in [-0.15, -0.1) is 0 Å². The van der Waals surface area contributed by atoms with E-state index >= 15 is 0 Å². The molecule has 0 spiro atoms. The molecule has 0 bridgehead atoms. The first-order chi connectivity index (χ1) is 7.68. The molecule has 0 unspecified atom stereocenters. The van der Waals surface area contributed by atoms with E-state index in [2.05, 4.69) is 0 Å². The van der Waals surface area contributed by atoms with Crippen LogP contribution < -0.4 is 0 Å². The summed E-state index contributed by atoms with van der Waals surface area (Å²) in [4.78, 5) is 0. The molecule has 0 aliphatic carbocycles. The van der Waals surface area contributed by atoms with Crippen LogP contribution in [-0.2, 0) is 0 Å². The average molecular weight is 231 g/mol. The van der Waals surface area contributed by atoms with E-state index < -0.39 is 0 Å². The van der Waals surface area contributed by atoms with Gasteiger partial charge in [0.25, 0.3) is 0 Å². The fourth-order valence-electron chi connectivity index (χ4n) is 2.02. The minimum atomic E-state index is 0.361. The maximum atomic E-state index is 10.1. The molecule has 0 radical (unpaired) electrons. The monoisotopic (exact) mass is 231 g/mol. The van der Waals surface area contributed by atoms with E-state index in [4.69, 9.17) is 4.42 Å². The Morgan fingerprint density at radius 1 is 1.12 bits per heavy atom. The van der Waals surface area contributed by atoms with Crippen LogP contribution in [0.4, 0.5) is 0 Å². The minimum Gasteiger partial charge on any atom is -0.507 e. The van der Waals surface area contributed by atoms with Gasteiger partial charge >= 0.3 is 10.7 Å². The highest BCUT2D eigenvalue weighted by atomic mass is 32.1. The molecule has 16 heavy (non-hydrogen) atoms. The molecule has 0 aliphatic heterocycles. The summed E-state index contributed by atoms with van der Waals surface area (Å²) in [6, 6.07) is 7.78. The largest absolute Gasteiger partial charge is 0.507 e. The molecule has 0 saturated carbocycles. The van der Waals surface area contributed by atoms with Gasteiger partial charge in [0.1, 0.15) is 10.4 Å². The molecule has 80 valence electrons. The number of phenols is 1. The van der Waals surface area contributed by atoms with Gasteiger partial charge in [0.15, 0.2) is 0 Å². The predicted octanol–water partition coefficient (Wildman–Crippen LogP) is 4.25. The highest BCUT2D eigenvalue weighted by molar-refractivity contribution is 7.18. The molecule has 1 N–H and O–H groups in total. The molecular formula is C13H11O2S+. The molecule has 0 saturated heterocycles. The summed E-state index contributed by atoms with van der Waals surface area (Å²) in [5, 5.41) is 12.9. The van der Waals surface area contributed by atoms with Gasteiger partial charge < -0.3 is 5.11 Å². The van der Waals surface area contributed by atoms with Crippen molar-refractivity contribution >= 4 is 32.4 Å². The number of hydrogen-bond donors (Lipinski definition) is 1. The number of fused-ring (bicyclic) bond motifs is 3. The van der Waals surface area contributed by atoms with Crippen LogP contribution in [0.1, 0.15) is 10.6 Å². The highest BCUT2D eigenvalue weighted by Crippen LogP contribution is 2.40. The van der Waals surface area contributed by atoms with Gasteiger partial charge in [-0.1, -0.05) is 18.2 Å². The van der Waals surface area contributed by atoms with Gasteiger partial charge in [0, 0.05) is 10.9 Å². The summed E-state index contributed by atoms with van der Waals surface area (Å²) in [7, 11) is 0. The SMILES string of the molecule is Cc1[o+]c2c(s1)c(C)c(O)c1ccccc12. The molecule has 0 aliphatic rings. The lowest BCUT2D eigenvalue weighted by atomic mass is 10.1. The molecule has 0 amide bonds. The summed E-state index contributed by atoms with van der Waals surface area (Å²) in [6.45, 7) is 3.87. The number of aromatic hydroxyl groups is 1. The fourth-order valence-corrected chi connectivity index (χ4v) is 2.93. The van der Waals surface area contributed by atoms with Crippen molar-refractivity contribution in [3.63, 3.8) is 0 Å². The first-order valence-electron chi connectivity index (χ1n) is 5.12. The van der Waals surface area contributed by atoms with Crippen molar-refractivity contribution in [3.8, 4) is 5.75 Å². The van der Waals surface area contributed by atoms with E-state index in [1.807, 2.05) is 38.1 Å². The maximum absolute atomic E-state index is 10.1. The van der Waals surface area contributed by atoms with Crippen molar-refractivity contribution in [3.05, 3.63) is 34.9 Å². The molecular weight excluding hydrogens is 220 g/mol. The lowest BCUT2D eigenvalue weighted by Crippen LogP contribution is -1.80. The van der Waals surface area contributed by atoms with Crippen molar-refractivity contribution in [2.75, 3.05) is 0 Å². The summed E-state index contributed by atoms with van der Waals surface area (Å²) < 4.78 is 6.76. The maximum Gasteiger partial charge on any atom is 0.383 e. The van der Waals surface area contributed by atoms with E-state index in [0.29, 0.717) is 5.75 Å². The summed E-state index contributed by atoms with van der Waals surface area (Å²) in [5.74, 6) is 0.361. The topological polar surface area (TPSA) is 31.5 Å². The number of aryl methyl sites for hydroxylation is 2. The van der Waals surface area contributed by atoms with Crippen molar-refractivity contribution in [2.24, 2.45) is 0 Å². The van der Waals surface area contributed by atoms with E-state index in [1.54, 1.807) is 11.3 Å². The van der Waals surface area contributed by atoms with Crippen LogP contribution >= 0.6 is 11.3 Å². The molecule has 3 heteroatoms. The van der Waals surface area contributed by atoms with Gasteiger partial charge in [0.2, 0.25) is 0 Å². The first-order valence-corrected chi connectivity index (χ1v) is 5.93. The van der Waals surface area contributed by atoms with Crippen molar-refractivity contribution in [1.82, 2.24) is 0 Å². The van der Waals surface area contributed by atoms with E-state index in [1.165, 1.54) is 0 Å². The molecule has 3 aromatic rings. The normalized spacial score (nSPS) is 11.4.